The van der Waals surface area contributed by atoms with Crippen LogP contribution in [0.15, 0.2) is 36.7 Å². The highest BCUT2D eigenvalue weighted by Gasteiger charge is 2.32. The average molecular weight is 281 g/mol. The van der Waals surface area contributed by atoms with Gasteiger partial charge in [-0.1, -0.05) is 12.1 Å². The molecule has 0 bridgehead atoms. The lowest BCUT2D eigenvalue weighted by Gasteiger charge is -2.38. The Bertz CT molecular complexity index is 650. The Balaban J connectivity index is 1.46. The molecule has 1 amide bonds. The SMILES string of the molecule is N#Cc1ccc(CCC(=O)N2CC(n3nccn3)C2)cc1. The van der Waals surface area contributed by atoms with Crippen LogP contribution >= 0.6 is 0 Å². The Kier molecular flexibility index (Phi) is 3.65. The highest BCUT2D eigenvalue weighted by Crippen LogP contribution is 2.20. The zero-order valence-electron chi connectivity index (χ0n) is 11.5. The van der Waals surface area contributed by atoms with Crippen molar-refractivity contribution in [2.75, 3.05) is 13.1 Å². The minimum atomic E-state index is 0.155. The van der Waals surface area contributed by atoms with Crippen molar-refractivity contribution in [1.82, 2.24) is 19.9 Å². The van der Waals surface area contributed by atoms with Gasteiger partial charge < -0.3 is 4.90 Å². The van der Waals surface area contributed by atoms with E-state index in [2.05, 4.69) is 16.3 Å². The number of rotatable bonds is 4. The minimum absolute atomic E-state index is 0.155. The second-order valence-corrected chi connectivity index (χ2v) is 5.11. The number of carbonyl (C=O) groups is 1. The van der Waals surface area contributed by atoms with Gasteiger partial charge in [-0.3, -0.25) is 4.79 Å². The van der Waals surface area contributed by atoms with E-state index in [1.807, 2.05) is 17.0 Å². The van der Waals surface area contributed by atoms with Crippen molar-refractivity contribution in [2.45, 2.75) is 18.9 Å². The molecule has 1 aliphatic heterocycles. The maximum Gasteiger partial charge on any atom is 0.223 e. The van der Waals surface area contributed by atoms with Gasteiger partial charge in [-0.15, -0.1) is 0 Å². The molecule has 1 aliphatic rings. The molecular formula is C15H15N5O. The van der Waals surface area contributed by atoms with Gasteiger partial charge in [-0.05, 0) is 24.1 Å². The van der Waals surface area contributed by atoms with Crippen LogP contribution in [0.1, 0.15) is 23.6 Å². The van der Waals surface area contributed by atoms with E-state index in [1.165, 1.54) is 0 Å². The number of aromatic nitrogens is 3. The second-order valence-electron chi connectivity index (χ2n) is 5.11. The number of amides is 1. The topological polar surface area (TPSA) is 74.8 Å². The summed E-state index contributed by atoms with van der Waals surface area (Å²) < 4.78 is 0. The van der Waals surface area contributed by atoms with E-state index >= 15 is 0 Å². The van der Waals surface area contributed by atoms with Crippen LogP contribution < -0.4 is 0 Å². The first-order chi connectivity index (χ1) is 10.3. The van der Waals surface area contributed by atoms with Gasteiger partial charge >= 0.3 is 0 Å². The number of likely N-dealkylation sites (tertiary alicyclic amines) is 1. The molecule has 21 heavy (non-hydrogen) atoms. The summed E-state index contributed by atoms with van der Waals surface area (Å²) in [5.41, 5.74) is 1.72. The van der Waals surface area contributed by atoms with E-state index in [4.69, 9.17) is 5.26 Å². The van der Waals surface area contributed by atoms with Gasteiger partial charge in [0.1, 0.15) is 6.04 Å². The zero-order valence-corrected chi connectivity index (χ0v) is 11.5. The quantitative estimate of drug-likeness (QED) is 0.843. The Labute approximate surface area is 122 Å². The Morgan fingerprint density at radius 3 is 2.52 bits per heavy atom. The number of benzene rings is 1. The van der Waals surface area contributed by atoms with Crippen molar-refractivity contribution in [2.24, 2.45) is 0 Å². The summed E-state index contributed by atoms with van der Waals surface area (Å²) in [5, 5.41) is 16.9. The molecule has 0 aliphatic carbocycles. The molecule has 6 heteroatoms. The zero-order chi connectivity index (χ0) is 14.7. The van der Waals surface area contributed by atoms with E-state index in [-0.39, 0.29) is 11.9 Å². The number of hydrogen-bond acceptors (Lipinski definition) is 4. The summed E-state index contributed by atoms with van der Waals surface area (Å²) >= 11 is 0. The van der Waals surface area contributed by atoms with Crippen LogP contribution in [0.3, 0.4) is 0 Å². The lowest BCUT2D eigenvalue weighted by Crippen LogP contribution is -2.51. The number of nitrogens with zero attached hydrogens (tertiary/aromatic N) is 5. The minimum Gasteiger partial charge on any atom is -0.338 e. The van der Waals surface area contributed by atoms with Crippen molar-refractivity contribution in [3.05, 3.63) is 47.8 Å². The van der Waals surface area contributed by atoms with E-state index < -0.39 is 0 Å². The predicted octanol–water partition coefficient (Wildman–Crippen LogP) is 1.17. The number of carbonyl (C=O) groups excluding carboxylic acids is 1. The largest absolute Gasteiger partial charge is 0.338 e. The average Bonchev–Trinajstić information content (AvgIpc) is 2.98. The Morgan fingerprint density at radius 2 is 1.90 bits per heavy atom. The van der Waals surface area contributed by atoms with Gasteiger partial charge in [0.15, 0.2) is 0 Å². The van der Waals surface area contributed by atoms with Gasteiger partial charge in [-0.25, -0.2) is 0 Å². The summed E-state index contributed by atoms with van der Waals surface area (Å²) in [6.45, 7) is 1.36. The fraction of sp³-hybridized carbons (Fsp3) is 0.333. The molecule has 0 atom stereocenters. The molecule has 2 heterocycles. The number of nitriles is 1. The van der Waals surface area contributed by atoms with Crippen molar-refractivity contribution in [3.63, 3.8) is 0 Å². The third kappa shape index (κ3) is 2.92. The molecule has 1 saturated heterocycles. The van der Waals surface area contributed by atoms with Crippen LogP contribution in [-0.2, 0) is 11.2 Å². The monoisotopic (exact) mass is 281 g/mol. The molecule has 0 unspecified atom stereocenters. The standard InChI is InChI=1S/C15H15N5O/c16-9-13-3-1-12(2-4-13)5-6-15(21)19-10-14(11-19)20-17-7-8-18-20/h1-4,7-8,14H,5-6,10-11H2. The van der Waals surface area contributed by atoms with E-state index in [0.717, 1.165) is 5.56 Å². The van der Waals surface area contributed by atoms with Crippen molar-refractivity contribution in [3.8, 4) is 6.07 Å². The molecule has 1 fully saturated rings. The van der Waals surface area contributed by atoms with Crippen LogP contribution in [-0.4, -0.2) is 38.9 Å². The van der Waals surface area contributed by atoms with E-state index in [1.54, 1.807) is 29.3 Å². The van der Waals surface area contributed by atoms with Gasteiger partial charge in [0.2, 0.25) is 5.91 Å². The molecule has 6 nitrogen and oxygen atoms in total. The Morgan fingerprint density at radius 1 is 1.24 bits per heavy atom. The molecule has 1 aromatic carbocycles. The maximum atomic E-state index is 12.1. The smallest absolute Gasteiger partial charge is 0.223 e. The van der Waals surface area contributed by atoms with Crippen molar-refractivity contribution in [1.29, 1.82) is 5.26 Å². The summed E-state index contributed by atoms with van der Waals surface area (Å²) in [5.74, 6) is 0.155. The Hall–Kier alpha value is -2.68. The molecule has 0 spiro atoms. The summed E-state index contributed by atoms with van der Waals surface area (Å²) in [7, 11) is 0. The van der Waals surface area contributed by atoms with Crippen molar-refractivity contribution >= 4 is 5.91 Å². The molecule has 0 radical (unpaired) electrons. The van der Waals surface area contributed by atoms with Gasteiger partial charge in [0, 0.05) is 19.5 Å². The van der Waals surface area contributed by atoms with Crippen LogP contribution in [0.25, 0.3) is 0 Å². The number of hydrogen-bond donors (Lipinski definition) is 0. The van der Waals surface area contributed by atoms with Gasteiger partial charge in [0.05, 0.1) is 24.0 Å². The molecule has 0 N–H and O–H groups in total. The molecule has 3 rings (SSSR count). The summed E-state index contributed by atoms with van der Waals surface area (Å²) in [6, 6.07) is 9.66. The lowest BCUT2D eigenvalue weighted by molar-refractivity contribution is -0.137. The van der Waals surface area contributed by atoms with E-state index in [9.17, 15) is 4.79 Å². The first kappa shape index (κ1) is 13.3. The highest BCUT2D eigenvalue weighted by atomic mass is 16.2. The maximum absolute atomic E-state index is 12.1. The fourth-order valence-corrected chi connectivity index (χ4v) is 2.37. The fourth-order valence-electron chi connectivity index (χ4n) is 2.37. The third-order valence-electron chi connectivity index (χ3n) is 3.69. The summed E-state index contributed by atoms with van der Waals surface area (Å²) in [4.78, 5) is 15.5. The first-order valence-corrected chi connectivity index (χ1v) is 6.89. The molecule has 1 aromatic heterocycles. The molecule has 106 valence electrons. The van der Waals surface area contributed by atoms with Gasteiger partial charge in [-0.2, -0.15) is 20.3 Å². The summed E-state index contributed by atoms with van der Waals surface area (Å²) in [6.07, 6.45) is 4.49. The third-order valence-corrected chi connectivity index (χ3v) is 3.69. The van der Waals surface area contributed by atoms with Crippen LogP contribution in [0.4, 0.5) is 0 Å². The van der Waals surface area contributed by atoms with Crippen molar-refractivity contribution < 1.29 is 4.79 Å². The molecular weight excluding hydrogens is 266 g/mol. The first-order valence-electron chi connectivity index (χ1n) is 6.89. The highest BCUT2D eigenvalue weighted by molar-refractivity contribution is 5.77. The number of aryl methyl sites for hydroxylation is 1. The van der Waals surface area contributed by atoms with Gasteiger partial charge in [0.25, 0.3) is 0 Å². The molecule has 0 saturated carbocycles. The normalized spacial score (nSPS) is 14.5. The molecule has 2 aromatic rings. The second kappa shape index (κ2) is 5.75. The van der Waals surface area contributed by atoms with E-state index in [0.29, 0.717) is 31.5 Å². The van der Waals surface area contributed by atoms with Crippen LogP contribution in [0, 0.1) is 11.3 Å². The lowest BCUT2D eigenvalue weighted by atomic mass is 10.0. The predicted molar refractivity (Wildman–Crippen MR) is 75.1 cm³/mol. The van der Waals surface area contributed by atoms with Crippen LogP contribution in [0.5, 0.6) is 0 Å². The van der Waals surface area contributed by atoms with Crippen LogP contribution in [0.2, 0.25) is 0 Å².